The lowest BCUT2D eigenvalue weighted by Crippen LogP contribution is -2.31. The molecular weight excluding hydrogens is 210 g/mol. The van der Waals surface area contributed by atoms with Gasteiger partial charge >= 0.3 is 16.9 Å². The number of aromatic nitrogens is 2. The summed E-state index contributed by atoms with van der Waals surface area (Å²) in [6.45, 7) is 0.208. The summed E-state index contributed by atoms with van der Waals surface area (Å²) in [5.41, 5.74) is -2.31. The molecule has 0 amide bonds. The number of hydrogen-bond donors (Lipinski definition) is 2. The Hall–Kier alpha value is -1.57. The molecule has 0 aliphatic carbocycles. The summed E-state index contributed by atoms with van der Waals surface area (Å²) < 4.78 is 1.03. The van der Waals surface area contributed by atoms with E-state index >= 15 is 0 Å². The van der Waals surface area contributed by atoms with Crippen molar-refractivity contribution in [2.24, 2.45) is 0 Å². The van der Waals surface area contributed by atoms with Gasteiger partial charge in [-0.05, 0) is 0 Å². The SMILES string of the molecule is O=c1[nH]c(=O)n(CCS)cc1[N+](=O)[O-]. The van der Waals surface area contributed by atoms with Crippen LogP contribution in [-0.2, 0) is 6.54 Å². The summed E-state index contributed by atoms with van der Waals surface area (Å²) in [6.07, 6.45) is 0.914. The lowest BCUT2D eigenvalue weighted by molar-refractivity contribution is -0.386. The minimum absolute atomic E-state index is 0.208. The van der Waals surface area contributed by atoms with Crippen LogP contribution in [0.1, 0.15) is 0 Å². The molecule has 7 nitrogen and oxygen atoms in total. The van der Waals surface area contributed by atoms with Gasteiger partial charge in [0.05, 0.1) is 11.1 Å². The van der Waals surface area contributed by atoms with E-state index in [1.165, 1.54) is 0 Å². The van der Waals surface area contributed by atoms with Gasteiger partial charge in [0.15, 0.2) is 0 Å². The highest BCUT2D eigenvalue weighted by atomic mass is 32.1. The molecule has 1 N–H and O–H groups in total. The molecular formula is C6H7N3O4S. The van der Waals surface area contributed by atoms with Gasteiger partial charge in [0.2, 0.25) is 0 Å². The molecule has 0 aliphatic rings. The van der Waals surface area contributed by atoms with Crippen LogP contribution in [0, 0.1) is 10.1 Å². The molecule has 14 heavy (non-hydrogen) atoms. The Morgan fingerprint density at radius 2 is 2.21 bits per heavy atom. The standard InChI is InChI=1S/C6H7N3O4S/c10-5-4(9(12)13)3-8(1-2-14)6(11)7-5/h3,14H,1-2H2,(H,7,10,11). The average molecular weight is 217 g/mol. The van der Waals surface area contributed by atoms with Gasteiger partial charge in [-0.1, -0.05) is 0 Å². The van der Waals surface area contributed by atoms with Gasteiger partial charge in [0.1, 0.15) is 0 Å². The van der Waals surface area contributed by atoms with Crippen molar-refractivity contribution >= 4 is 18.3 Å². The zero-order valence-electron chi connectivity index (χ0n) is 6.97. The topological polar surface area (TPSA) is 98.0 Å². The molecule has 0 radical (unpaired) electrons. The smallest absolute Gasteiger partial charge is 0.293 e. The van der Waals surface area contributed by atoms with E-state index < -0.39 is 21.9 Å². The highest BCUT2D eigenvalue weighted by Gasteiger charge is 2.13. The first-order chi connectivity index (χ1) is 6.56. The number of H-pyrrole nitrogens is 1. The first kappa shape index (κ1) is 10.5. The molecule has 1 aromatic rings. The van der Waals surface area contributed by atoms with Crippen LogP contribution in [0.4, 0.5) is 5.69 Å². The molecule has 1 aromatic heterocycles. The van der Waals surface area contributed by atoms with E-state index in [1.54, 1.807) is 0 Å². The average Bonchev–Trinajstić information content (AvgIpc) is 2.09. The van der Waals surface area contributed by atoms with Crippen molar-refractivity contribution < 1.29 is 4.92 Å². The molecule has 0 atom stereocenters. The van der Waals surface area contributed by atoms with Gasteiger partial charge in [-0.15, -0.1) is 0 Å². The predicted octanol–water partition coefficient (Wildman–Crippen LogP) is -0.625. The Kier molecular flexibility index (Phi) is 3.07. The lowest BCUT2D eigenvalue weighted by Gasteiger charge is -2.00. The number of rotatable bonds is 3. The maximum atomic E-state index is 11.1. The fourth-order valence-electron chi connectivity index (χ4n) is 0.902. The van der Waals surface area contributed by atoms with Gasteiger partial charge in [-0.2, -0.15) is 12.6 Å². The molecule has 0 spiro atoms. The van der Waals surface area contributed by atoms with Crippen LogP contribution in [0.15, 0.2) is 15.8 Å². The van der Waals surface area contributed by atoms with Gasteiger partial charge < -0.3 is 0 Å². The summed E-state index contributed by atoms with van der Waals surface area (Å²) in [5, 5.41) is 10.3. The monoisotopic (exact) mass is 217 g/mol. The molecule has 8 heteroatoms. The molecule has 0 fully saturated rings. The van der Waals surface area contributed by atoms with Crippen LogP contribution in [0.25, 0.3) is 0 Å². The zero-order chi connectivity index (χ0) is 10.7. The maximum absolute atomic E-state index is 11.1. The van der Waals surface area contributed by atoms with E-state index in [4.69, 9.17) is 0 Å². The van der Waals surface area contributed by atoms with E-state index in [1.807, 2.05) is 4.98 Å². The Bertz CT molecular complexity index is 463. The third-order valence-electron chi connectivity index (χ3n) is 1.53. The maximum Gasteiger partial charge on any atom is 0.350 e. The molecule has 0 aromatic carbocycles. The summed E-state index contributed by atoms with van der Waals surface area (Å²) in [5.74, 6) is 0.350. The predicted molar refractivity (Wildman–Crippen MR) is 51.8 cm³/mol. The number of thiol groups is 1. The highest BCUT2D eigenvalue weighted by Crippen LogP contribution is 1.98. The Morgan fingerprint density at radius 1 is 1.57 bits per heavy atom. The van der Waals surface area contributed by atoms with E-state index in [-0.39, 0.29) is 6.54 Å². The minimum Gasteiger partial charge on any atom is -0.293 e. The first-order valence-corrected chi connectivity index (χ1v) is 4.28. The molecule has 0 bridgehead atoms. The van der Waals surface area contributed by atoms with Crippen LogP contribution >= 0.6 is 12.6 Å². The van der Waals surface area contributed by atoms with Crippen LogP contribution in [0.3, 0.4) is 0 Å². The van der Waals surface area contributed by atoms with E-state index in [9.17, 15) is 19.7 Å². The van der Waals surface area contributed by atoms with Crippen molar-refractivity contribution in [1.29, 1.82) is 0 Å². The molecule has 0 unspecified atom stereocenters. The molecule has 0 aliphatic heterocycles. The van der Waals surface area contributed by atoms with Crippen LogP contribution in [0.5, 0.6) is 0 Å². The minimum atomic E-state index is -0.990. The summed E-state index contributed by atoms with van der Waals surface area (Å²) in [4.78, 5) is 33.3. The molecule has 1 heterocycles. The number of nitrogens with zero attached hydrogens (tertiary/aromatic N) is 2. The third-order valence-corrected chi connectivity index (χ3v) is 1.73. The lowest BCUT2D eigenvalue weighted by atomic mass is 10.5. The Labute approximate surface area is 82.9 Å². The zero-order valence-corrected chi connectivity index (χ0v) is 7.86. The van der Waals surface area contributed by atoms with Crippen molar-refractivity contribution in [3.05, 3.63) is 37.1 Å². The van der Waals surface area contributed by atoms with Crippen molar-refractivity contribution in [3.63, 3.8) is 0 Å². The number of nitrogens with one attached hydrogen (secondary N) is 1. The van der Waals surface area contributed by atoms with Gasteiger partial charge in [0, 0.05) is 12.3 Å². The van der Waals surface area contributed by atoms with Crippen molar-refractivity contribution in [3.8, 4) is 0 Å². The van der Waals surface area contributed by atoms with E-state index in [2.05, 4.69) is 12.6 Å². The highest BCUT2D eigenvalue weighted by molar-refractivity contribution is 7.80. The largest absolute Gasteiger partial charge is 0.350 e. The molecule has 0 saturated heterocycles. The second-order valence-corrected chi connectivity index (χ2v) is 2.89. The summed E-state index contributed by atoms with van der Waals surface area (Å²) in [6, 6.07) is 0. The molecule has 1 rings (SSSR count). The molecule has 0 saturated carbocycles. The first-order valence-electron chi connectivity index (χ1n) is 3.65. The van der Waals surface area contributed by atoms with Gasteiger partial charge in [-0.3, -0.25) is 24.5 Å². The quantitative estimate of drug-likeness (QED) is 0.400. The van der Waals surface area contributed by atoms with Crippen LogP contribution < -0.4 is 11.2 Å². The summed E-state index contributed by atoms with van der Waals surface area (Å²) in [7, 11) is 0. The second kappa shape index (κ2) is 4.09. The van der Waals surface area contributed by atoms with Gasteiger partial charge in [0.25, 0.3) is 0 Å². The fourth-order valence-corrected chi connectivity index (χ4v) is 1.12. The summed E-state index contributed by atoms with van der Waals surface area (Å²) >= 11 is 3.87. The van der Waals surface area contributed by atoms with Gasteiger partial charge in [-0.25, -0.2) is 4.79 Å². The van der Waals surface area contributed by atoms with Crippen molar-refractivity contribution in [2.45, 2.75) is 6.54 Å². The van der Waals surface area contributed by atoms with Crippen LogP contribution in [0.2, 0.25) is 0 Å². The number of nitro groups is 1. The Morgan fingerprint density at radius 3 is 2.71 bits per heavy atom. The molecule has 76 valence electrons. The number of hydrogen-bond acceptors (Lipinski definition) is 5. The van der Waals surface area contributed by atoms with E-state index in [0.29, 0.717) is 5.75 Å². The number of aromatic amines is 1. The Balaban J connectivity index is 3.35. The normalized spacial score (nSPS) is 10.1. The van der Waals surface area contributed by atoms with Crippen molar-refractivity contribution in [1.82, 2.24) is 9.55 Å². The van der Waals surface area contributed by atoms with Crippen LogP contribution in [-0.4, -0.2) is 20.2 Å². The van der Waals surface area contributed by atoms with E-state index in [0.717, 1.165) is 10.8 Å². The second-order valence-electron chi connectivity index (χ2n) is 2.45. The fraction of sp³-hybridized carbons (Fsp3) is 0.333. The third kappa shape index (κ3) is 2.02. The number of aryl methyl sites for hydroxylation is 1. The van der Waals surface area contributed by atoms with Crippen molar-refractivity contribution in [2.75, 3.05) is 5.75 Å².